The van der Waals surface area contributed by atoms with Crippen molar-refractivity contribution in [3.63, 3.8) is 0 Å². The van der Waals surface area contributed by atoms with E-state index >= 15 is 0 Å². The van der Waals surface area contributed by atoms with Crippen LogP contribution in [-0.2, 0) is 4.74 Å². The molecule has 3 unspecified atom stereocenters. The van der Waals surface area contributed by atoms with Crippen LogP contribution in [0.1, 0.15) is 65.2 Å². The number of ether oxygens (including phenoxy) is 1. The highest BCUT2D eigenvalue weighted by atomic mass is 16.5. The lowest BCUT2D eigenvalue weighted by Gasteiger charge is -2.50. The fourth-order valence-electron chi connectivity index (χ4n) is 6.37. The summed E-state index contributed by atoms with van der Waals surface area (Å²) in [5.74, 6) is 3.98. The van der Waals surface area contributed by atoms with Crippen LogP contribution in [0.2, 0.25) is 0 Å². The molecule has 0 aromatic carbocycles. The highest BCUT2D eigenvalue weighted by molar-refractivity contribution is 5.34. The largest absolute Gasteiger partial charge is 0.501 e. The van der Waals surface area contributed by atoms with Gasteiger partial charge in [-0.3, -0.25) is 0 Å². The molecule has 1 nitrogen and oxygen atoms in total. The zero-order chi connectivity index (χ0) is 15.3. The summed E-state index contributed by atoms with van der Waals surface area (Å²) in [4.78, 5) is 0. The number of methoxy groups -OCH3 is 1. The van der Waals surface area contributed by atoms with Crippen molar-refractivity contribution in [1.29, 1.82) is 0 Å². The van der Waals surface area contributed by atoms with Crippen molar-refractivity contribution in [2.75, 3.05) is 7.11 Å². The van der Waals surface area contributed by atoms with Crippen molar-refractivity contribution in [3.8, 4) is 0 Å². The summed E-state index contributed by atoms with van der Waals surface area (Å²) in [5, 5.41) is 0. The predicted molar refractivity (Wildman–Crippen MR) is 91.4 cm³/mol. The first-order chi connectivity index (χ1) is 10.7. The fraction of sp³-hybridized carbons (Fsp3) is 0.714. The Kier molecular flexibility index (Phi) is 3.51. The molecule has 0 aliphatic heterocycles. The average Bonchev–Trinajstić information content (AvgIpc) is 2.90. The summed E-state index contributed by atoms with van der Waals surface area (Å²) in [7, 11) is 1.83. The van der Waals surface area contributed by atoms with Gasteiger partial charge in [-0.05, 0) is 81.1 Å². The third-order valence-corrected chi connectivity index (χ3v) is 7.51. The van der Waals surface area contributed by atoms with Crippen molar-refractivity contribution < 1.29 is 4.74 Å². The second-order valence-electron chi connectivity index (χ2n) is 8.11. The second-order valence-corrected chi connectivity index (χ2v) is 8.11. The minimum atomic E-state index is 0.524. The molecular formula is C21H30O. The van der Waals surface area contributed by atoms with Crippen molar-refractivity contribution in [1.82, 2.24) is 0 Å². The summed E-state index contributed by atoms with van der Waals surface area (Å²) < 4.78 is 5.51. The standard InChI is InChI=1S/C21H30O/c1-4-15-6-10-20-19-8-5-14-13-16(22-3)7-9-17(14)18(19)11-12-21(15,20)2/h4,7,18-20H,5-6,8-13H2,1-3H3/b15-4-/t18?,19?,20?,21-/m1/s1. The van der Waals surface area contributed by atoms with E-state index in [2.05, 4.69) is 26.0 Å². The van der Waals surface area contributed by atoms with E-state index in [1.165, 1.54) is 50.7 Å². The van der Waals surface area contributed by atoms with Gasteiger partial charge < -0.3 is 4.74 Å². The summed E-state index contributed by atoms with van der Waals surface area (Å²) in [5.41, 5.74) is 5.83. The van der Waals surface area contributed by atoms with Crippen LogP contribution in [0.15, 0.2) is 34.6 Å². The van der Waals surface area contributed by atoms with Gasteiger partial charge >= 0.3 is 0 Å². The van der Waals surface area contributed by atoms with E-state index in [1.807, 2.05) is 12.7 Å². The van der Waals surface area contributed by atoms with E-state index in [1.54, 1.807) is 11.1 Å². The number of hydrogen-bond donors (Lipinski definition) is 0. The zero-order valence-electron chi connectivity index (χ0n) is 14.5. The van der Waals surface area contributed by atoms with Gasteiger partial charge in [0.15, 0.2) is 0 Å². The molecule has 120 valence electrons. The quantitative estimate of drug-likeness (QED) is 0.557. The Balaban J connectivity index is 1.62. The molecule has 22 heavy (non-hydrogen) atoms. The number of rotatable bonds is 1. The minimum Gasteiger partial charge on any atom is -0.501 e. The van der Waals surface area contributed by atoms with E-state index < -0.39 is 0 Å². The molecule has 2 saturated carbocycles. The van der Waals surface area contributed by atoms with E-state index in [-0.39, 0.29) is 0 Å². The number of allylic oxidation sites excluding steroid dienone is 5. The lowest BCUT2D eigenvalue weighted by Crippen LogP contribution is -2.41. The van der Waals surface area contributed by atoms with Gasteiger partial charge in [0.25, 0.3) is 0 Å². The van der Waals surface area contributed by atoms with Crippen molar-refractivity contribution in [2.24, 2.45) is 23.2 Å². The first-order valence-corrected chi connectivity index (χ1v) is 9.27. The maximum Gasteiger partial charge on any atom is 0.0959 e. The van der Waals surface area contributed by atoms with Gasteiger partial charge in [-0.25, -0.2) is 0 Å². The highest BCUT2D eigenvalue weighted by Gasteiger charge is 2.52. The molecule has 0 N–H and O–H groups in total. The smallest absolute Gasteiger partial charge is 0.0959 e. The second kappa shape index (κ2) is 5.28. The van der Waals surface area contributed by atoms with Gasteiger partial charge in [0.2, 0.25) is 0 Å². The Hall–Kier alpha value is -0.980. The minimum absolute atomic E-state index is 0.524. The van der Waals surface area contributed by atoms with Gasteiger partial charge in [0.05, 0.1) is 12.9 Å². The van der Waals surface area contributed by atoms with Gasteiger partial charge in [0, 0.05) is 6.42 Å². The van der Waals surface area contributed by atoms with Crippen LogP contribution in [0, 0.1) is 23.2 Å². The highest BCUT2D eigenvalue weighted by Crippen LogP contribution is 2.62. The molecular weight excluding hydrogens is 268 g/mol. The lowest BCUT2D eigenvalue weighted by atomic mass is 9.54. The molecule has 0 aromatic rings. The van der Waals surface area contributed by atoms with Crippen LogP contribution in [0.4, 0.5) is 0 Å². The van der Waals surface area contributed by atoms with Crippen LogP contribution in [-0.4, -0.2) is 7.11 Å². The Labute approximate surface area is 135 Å². The average molecular weight is 298 g/mol. The molecule has 0 bridgehead atoms. The molecule has 4 atom stereocenters. The molecule has 0 amide bonds. The van der Waals surface area contributed by atoms with Gasteiger partial charge in [-0.15, -0.1) is 0 Å². The molecule has 4 aliphatic rings. The van der Waals surface area contributed by atoms with E-state index in [0.29, 0.717) is 5.41 Å². The lowest BCUT2D eigenvalue weighted by molar-refractivity contribution is 0.0616. The van der Waals surface area contributed by atoms with E-state index in [0.717, 1.165) is 24.2 Å². The summed E-state index contributed by atoms with van der Waals surface area (Å²) in [6.07, 6.45) is 15.4. The monoisotopic (exact) mass is 298 g/mol. The maximum atomic E-state index is 5.51. The predicted octanol–water partition coefficient (Wildman–Crippen LogP) is 5.79. The van der Waals surface area contributed by atoms with Gasteiger partial charge in [-0.2, -0.15) is 0 Å². The van der Waals surface area contributed by atoms with E-state index in [4.69, 9.17) is 4.74 Å². The Morgan fingerprint density at radius 3 is 2.86 bits per heavy atom. The van der Waals surface area contributed by atoms with Crippen LogP contribution < -0.4 is 0 Å². The molecule has 2 fully saturated rings. The molecule has 1 heteroatoms. The third kappa shape index (κ3) is 1.97. The Morgan fingerprint density at radius 2 is 2.09 bits per heavy atom. The third-order valence-electron chi connectivity index (χ3n) is 7.51. The molecule has 0 radical (unpaired) electrons. The van der Waals surface area contributed by atoms with Crippen LogP contribution in [0.5, 0.6) is 0 Å². The summed E-state index contributed by atoms with van der Waals surface area (Å²) in [6.45, 7) is 4.83. The molecule has 4 aliphatic carbocycles. The van der Waals surface area contributed by atoms with Gasteiger partial charge in [-0.1, -0.05) is 29.7 Å². The maximum absolute atomic E-state index is 5.51. The summed E-state index contributed by atoms with van der Waals surface area (Å²) >= 11 is 0. The number of fused-ring (bicyclic) bond motifs is 4. The Morgan fingerprint density at radius 1 is 1.23 bits per heavy atom. The summed E-state index contributed by atoms with van der Waals surface area (Å²) in [6, 6.07) is 0. The molecule has 0 aromatic heterocycles. The van der Waals surface area contributed by atoms with Crippen molar-refractivity contribution in [3.05, 3.63) is 34.6 Å². The zero-order valence-corrected chi connectivity index (χ0v) is 14.5. The van der Waals surface area contributed by atoms with Crippen molar-refractivity contribution >= 4 is 0 Å². The Bertz CT molecular complexity index is 564. The molecule has 0 heterocycles. The van der Waals surface area contributed by atoms with E-state index in [9.17, 15) is 0 Å². The van der Waals surface area contributed by atoms with Gasteiger partial charge in [0.1, 0.15) is 0 Å². The first kappa shape index (κ1) is 14.6. The van der Waals surface area contributed by atoms with Crippen LogP contribution in [0.3, 0.4) is 0 Å². The molecule has 0 saturated heterocycles. The number of hydrogen-bond acceptors (Lipinski definition) is 1. The normalized spacial score (nSPS) is 42.6. The topological polar surface area (TPSA) is 9.23 Å². The first-order valence-electron chi connectivity index (χ1n) is 9.27. The fourth-order valence-corrected chi connectivity index (χ4v) is 6.37. The SMILES string of the molecule is C/C=C1/CCC2C3CCC4=C(CC=C(OC)C4)C3CC[C@]12C. The van der Waals surface area contributed by atoms with Crippen molar-refractivity contribution in [2.45, 2.75) is 65.2 Å². The molecule has 0 spiro atoms. The molecule has 4 rings (SSSR count). The van der Waals surface area contributed by atoms with Crippen LogP contribution >= 0.6 is 0 Å². The van der Waals surface area contributed by atoms with Crippen LogP contribution in [0.25, 0.3) is 0 Å².